The largest absolute Gasteiger partial charge is 0.357 e. The van der Waals surface area contributed by atoms with Gasteiger partial charge in [-0.1, -0.05) is 104 Å². The van der Waals surface area contributed by atoms with Gasteiger partial charge in [0.05, 0.1) is 5.54 Å². The zero-order chi connectivity index (χ0) is 26.4. The Morgan fingerprint density at radius 1 is 0.750 bits per heavy atom. The van der Waals surface area contributed by atoms with E-state index in [0.29, 0.717) is 24.2 Å². The molecule has 0 unspecified atom stereocenters. The van der Waals surface area contributed by atoms with Crippen molar-refractivity contribution in [2.45, 2.75) is 137 Å². The molecular formula is C31H54BN3Si. The first-order valence-electron chi connectivity index (χ1n) is 15.0. The fraction of sp³-hybridized carbons (Fsp3) is 0.774. The molecule has 0 N–H and O–H groups in total. The normalized spacial score (nSPS) is 28.6. The van der Waals surface area contributed by atoms with Gasteiger partial charge in [0.1, 0.15) is 8.07 Å². The third-order valence-electron chi connectivity index (χ3n) is 9.69. The molecule has 36 heavy (non-hydrogen) atoms. The third-order valence-corrected chi connectivity index (χ3v) is 13.1. The predicted octanol–water partition coefficient (Wildman–Crippen LogP) is 6.82. The highest BCUT2D eigenvalue weighted by Crippen LogP contribution is 2.57. The Hall–Kier alpha value is -0.908. The van der Waals surface area contributed by atoms with Gasteiger partial charge in [-0.25, -0.2) is 0 Å². The molecule has 4 aliphatic carbocycles. The fourth-order valence-corrected chi connectivity index (χ4v) is 11.5. The lowest BCUT2D eigenvalue weighted by molar-refractivity contribution is 0.00182. The molecule has 0 aliphatic heterocycles. The smallest absolute Gasteiger partial charge is 0.319 e. The Labute approximate surface area is 224 Å². The lowest BCUT2D eigenvalue weighted by Crippen LogP contribution is -2.72. The number of hydrogen-bond acceptors (Lipinski definition) is 3. The molecule has 4 saturated carbocycles. The number of benzene rings is 1. The van der Waals surface area contributed by atoms with E-state index in [0.717, 1.165) is 17.8 Å². The van der Waals surface area contributed by atoms with Crippen LogP contribution >= 0.6 is 0 Å². The van der Waals surface area contributed by atoms with Crippen molar-refractivity contribution in [2.75, 3.05) is 0 Å². The standard InChI is InChI=1S/C31H54BN3Si/c1-22(2)34(23(3)4)32(35(24(5)6)25(7)8)30(36(9,10)29-14-12-11-13-15-29)33-31-19-26-16-27(20-31)18-28(17-26)21-31/h11-15,22-28H,16-21H2,1-10H3. The number of nitrogens with zero attached hydrogens (tertiary/aromatic N) is 3. The van der Waals surface area contributed by atoms with Crippen molar-refractivity contribution in [2.24, 2.45) is 22.7 Å². The molecule has 0 radical (unpaired) electrons. The van der Waals surface area contributed by atoms with Gasteiger partial charge >= 0.3 is 6.98 Å². The van der Waals surface area contributed by atoms with E-state index in [-0.39, 0.29) is 12.5 Å². The summed E-state index contributed by atoms with van der Waals surface area (Å²) in [6.07, 6.45) is 8.42. The maximum Gasteiger partial charge on any atom is 0.357 e. The van der Waals surface area contributed by atoms with Gasteiger partial charge in [0.2, 0.25) is 0 Å². The molecule has 0 saturated heterocycles. The molecule has 0 aromatic heterocycles. The first kappa shape index (κ1) is 28.1. The SMILES string of the molecule is CC(C)N(B(C(=NC12CC3CC(CC(C3)C1)C2)[Si](C)(C)c1ccccc1)N(C(C)C)C(C)C)C(C)C. The second-order valence-corrected chi connectivity index (χ2v) is 18.6. The average Bonchev–Trinajstić information content (AvgIpc) is 2.75. The fourth-order valence-electron chi connectivity index (χ4n) is 8.74. The van der Waals surface area contributed by atoms with E-state index in [1.54, 1.807) is 5.23 Å². The highest BCUT2D eigenvalue weighted by atomic mass is 28.3. The molecular weight excluding hydrogens is 453 g/mol. The van der Waals surface area contributed by atoms with Crippen LogP contribution in [0.2, 0.25) is 13.1 Å². The van der Waals surface area contributed by atoms with E-state index >= 15 is 0 Å². The predicted molar refractivity (Wildman–Crippen MR) is 162 cm³/mol. The topological polar surface area (TPSA) is 18.8 Å². The number of aliphatic imine (C=N–C) groups is 1. The van der Waals surface area contributed by atoms with Gasteiger partial charge in [-0.05, 0) is 80.4 Å². The molecule has 0 spiro atoms. The van der Waals surface area contributed by atoms with Gasteiger partial charge in [-0.15, -0.1) is 0 Å². The lowest BCUT2D eigenvalue weighted by Gasteiger charge is -2.56. The zero-order valence-corrected chi connectivity index (χ0v) is 26.1. The summed E-state index contributed by atoms with van der Waals surface area (Å²) < 4.78 is 0. The summed E-state index contributed by atoms with van der Waals surface area (Å²) in [5, 5.41) is 3.07. The molecule has 0 heterocycles. The van der Waals surface area contributed by atoms with Crippen molar-refractivity contribution in [1.29, 1.82) is 0 Å². The van der Waals surface area contributed by atoms with Crippen LogP contribution in [0.4, 0.5) is 0 Å². The van der Waals surface area contributed by atoms with Crippen molar-refractivity contribution in [3.05, 3.63) is 30.3 Å². The minimum absolute atomic E-state index is 0.181. The van der Waals surface area contributed by atoms with E-state index in [1.165, 1.54) is 43.7 Å². The maximum absolute atomic E-state index is 6.18. The molecule has 5 heteroatoms. The van der Waals surface area contributed by atoms with Gasteiger partial charge in [-0.3, -0.25) is 4.99 Å². The van der Waals surface area contributed by atoms with Crippen LogP contribution in [0.5, 0.6) is 0 Å². The van der Waals surface area contributed by atoms with E-state index in [1.807, 2.05) is 0 Å². The van der Waals surface area contributed by atoms with Gasteiger partial charge in [0.25, 0.3) is 0 Å². The van der Waals surface area contributed by atoms with Crippen molar-refractivity contribution >= 4 is 25.5 Å². The molecule has 0 atom stereocenters. The van der Waals surface area contributed by atoms with Crippen LogP contribution in [0.25, 0.3) is 0 Å². The molecule has 1 aromatic rings. The first-order chi connectivity index (χ1) is 16.8. The number of rotatable bonds is 10. The Morgan fingerprint density at radius 2 is 1.14 bits per heavy atom. The van der Waals surface area contributed by atoms with Crippen LogP contribution in [0.15, 0.2) is 35.3 Å². The first-order valence-corrected chi connectivity index (χ1v) is 18.0. The van der Waals surface area contributed by atoms with Crippen molar-refractivity contribution < 1.29 is 0 Å². The summed E-state index contributed by atoms with van der Waals surface area (Å²) in [6, 6.07) is 13.3. The molecule has 4 aliphatic rings. The summed E-state index contributed by atoms with van der Waals surface area (Å²) in [7, 11) is -2.07. The monoisotopic (exact) mass is 507 g/mol. The van der Waals surface area contributed by atoms with E-state index in [9.17, 15) is 0 Å². The molecule has 0 amide bonds. The minimum Gasteiger partial charge on any atom is -0.319 e. The molecule has 4 bridgehead atoms. The van der Waals surface area contributed by atoms with Crippen LogP contribution in [0.3, 0.4) is 0 Å². The second-order valence-electron chi connectivity index (χ2n) is 14.3. The molecule has 3 nitrogen and oxygen atoms in total. The summed E-state index contributed by atoms with van der Waals surface area (Å²) >= 11 is 0. The minimum atomic E-state index is -2.07. The van der Waals surface area contributed by atoms with Crippen molar-refractivity contribution in [1.82, 2.24) is 9.62 Å². The van der Waals surface area contributed by atoms with Gasteiger partial charge in [0.15, 0.2) is 0 Å². The van der Waals surface area contributed by atoms with Gasteiger partial charge < -0.3 is 9.62 Å². The lowest BCUT2D eigenvalue weighted by atomic mass is 9.53. The number of hydrogen-bond donors (Lipinski definition) is 0. The Morgan fingerprint density at radius 3 is 1.50 bits per heavy atom. The van der Waals surface area contributed by atoms with Crippen LogP contribution in [-0.4, -0.2) is 59.6 Å². The molecule has 200 valence electrons. The molecule has 5 rings (SSSR count). The van der Waals surface area contributed by atoms with Gasteiger partial charge in [-0.2, -0.15) is 0 Å². The second kappa shape index (κ2) is 10.7. The van der Waals surface area contributed by atoms with E-state index in [4.69, 9.17) is 4.99 Å². The van der Waals surface area contributed by atoms with Crippen molar-refractivity contribution in [3.8, 4) is 0 Å². The Balaban J connectivity index is 1.94. The zero-order valence-electron chi connectivity index (χ0n) is 25.1. The summed E-state index contributed by atoms with van der Waals surface area (Å²) in [4.78, 5) is 11.8. The summed E-state index contributed by atoms with van der Waals surface area (Å²) in [5.74, 6) is 2.75. The average molecular weight is 508 g/mol. The maximum atomic E-state index is 6.18. The van der Waals surface area contributed by atoms with Crippen LogP contribution in [-0.2, 0) is 0 Å². The van der Waals surface area contributed by atoms with Crippen LogP contribution in [0, 0.1) is 17.8 Å². The van der Waals surface area contributed by atoms with E-state index in [2.05, 4.69) is 108 Å². The van der Waals surface area contributed by atoms with Gasteiger partial charge in [0, 0.05) is 5.23 Å². The van der Waals surface area contributed by atoms with Crippen LogP contribution < -0.4 is 5.19 Å². The molecule has 1 aromatic carbocycles. The highest BCUT2D eigenvalue weighted by Gasteiger charge is 2.54. The quantitative estimate of drug-likeness (QED) is 0.256. The van der Waals surface area contributed by atoms with Crippen LogP contribution in [0.1, 0.15) is 93.9 Å². The Kier molecular flexibility index (Phi) is 8.35. The van der Waals surface area contributed by atoms with E-state index < -0.39 is 8.07 Å². The summed E-state index contributed by atoms with van der Waals surface area (Å²) in [5.41, 5.74) is 0.181. The third kappa shape index (κ3) is 5.45. The molecule has 4 fully saturated rings. The Bertz CT molecular complexity index is 836. The van der Waals surface area contributed by atoms with Crippen molar-refractivity contribution in [3.63, 3.8) is 0 Å². The highest BCUT2D eigenvalue weighted by molar-refractivity contribution is 7.30. The summed E-state index contributed by atoms with van der Waals surface area (Å²) in [6.45, 7) is 24.6.